The summed E-state index contributed by atoms with van der Waals surface area (Å²) in [6, 6.07) is 0. The second-order valence-electron chi connectivity index (χ2n) is 23.5. The van der Waals surface area contributed by atoms with Crippen LogP contribution in [-0.4, -0.2) is 36.2 Å². The molecule has 6 heteroatoms. The lowest BCUT2D eigenvalue weighted by atomic mass is 9.79. The van der Waals surface area contributed by atoms with E-state index in [-0.39, 0.29) is 54.0 Å². The molecule has 6 aliphatic rings. The molecule has 390 valence electrons. The number of ether oxygens (including phenoxy) is 3. The highest BCUT2D eigenvalue weighted by atomic mass is 16.6. The Bertz CT molecular complexity index is 1250. The topological polar surface area (TPSA) is 78.9 Å². The van der Waals surface area contributed by atoms with Gasteiger partial charge in [0, 0.05) is 0 Å². The van der Waals surface area contributed by atoms with Crippen LogP contribution in [-0.2, 0) is 28.6 Å². The van der Waals surface area contributed by atoms with Crippen molar-refractivity contribution in [3.05, 3.63) is 0 Å². The first-order valence-corrected chi connectivity index (χ1v) is 30.3. The van der Waals surface area contributed by atoms with E-state index in [0.717, 1.165) is 113 Å². The van der Waals surface area contributed by atoms with Crippen molar-refractivity contribution in [3.8, 4) is 0 Å². The first kappa shape index (κ1) is 58.0. The Labute approximate surface area is 414 Å². The van der Waals surface area contributed by atoms with Crippen LogP contribution >= 0.6 is 0 Å². The lowest BCUT2D eigenvalue weighted by molar-refractivity contribution is -0.158. The maximum atomic E-state index is 12.4. The van der Waals surface area contributed by atoms with Crippen LogP contribution in [0.5, 0.6) is 0 Å². The predicted octanol–water partition coefficient (Wildman–Crippen LogP) is 18.0. The van der Waals surface area contributed by atoms with Crippen LogP contribution < -0.4 is 0 Å². The van der Waals surface area contributed by atoms with Gasteiger partial charge < -0.3 is 14.2 Å². The second kappa shape index (κ2) is 34.7. The third-order valence-electron chi connectivity index (χ3n) is 18.0. The molecule has 0 unspecified atom stereocenters. The van der Waals surface area contributed by atoms with Crippen LogP contribution in [0.3, 0.4) is 0 Å². The molecule has 6 nitrogen and oxygen atoms in total. The number of esters is 3. The van der Waals surface area contributed by atoms with Gasteiger partial charge in [0.15, 0.2) is 0 Å². The monoisotopic (exact) mass is 939 g/mol. The van der Waals surface area contributed by atoms with Gasteiger partial charge in [-0.05, 0) is 190 Å². The summed E-state index contributed by atoms with van der Waals surface area (Å²) < 4.78 is 17.5. The zero-order valence-corrected chi connectivity index (χ0v) is 45.2. The van der Waals surface area contributed by atoms with E-state index in [2.05, 4.69) is 41.5 Å². The van der Waals surface area contributed by atoms with E-state index < -0.39 is 0 Å². The quantitative estimate of drug-likeness (QED) is 0.0611. The SMILES string of the molecule is CCCC1CCC(OC(=O)C2CCC(CCC)CC2)CC1.CCCCCC1CCC(C(=O)OC2CCC(CCC)CC2)CC1.CCCCCC1CCC(OC(=O)C2CCC(CCC)CC2)CC1. The van der Waals surface area contributed by atoms with Gasteiger partial charge in [-0.2, -0.15) is 0 Å². The fourth-order valence-corrected chi connectivity index (χ4v) is 13.5. The van der Waals surface area contributed by atoms with Crippen molar-refractivity contribution in [2.75, 3.05) is 0 Å². The van der Waals surface area contributed by atoms with Crippen molar-refractivity contribution in [1.29, 1.82) is 0 Å². The molecule has 6 aliphatic carbocycles. The highest BCUT2D eigenvalue weighted by molar-refractivity contribution is 5.73. The third-order valence-corrected chi connectivity index (χ3v) is 18.0. The summed E-state index contributed by atoms with van der Waals surface area (Å²) in [5.41, 5.74) is 0. The number of carbonyl (C=O) groups excluding carboxylic acids is 3. The molecule has 0 aromatic heterocycles. The highest BCUT2D eigenvalue weighted by Crippen LogP contribution is 2.38. The van der Waals surface area contributed by atoms with Gasteiger partial charge >= 0.3 is 17.9 Å². The Morgan fingerprint density at radius 3 is 0.687 bits per heavy atom. The molecule has 67 heavy (non-hydrogen) atoms. The Kier molecular flexibility index (Phi) is 30.0. The molecular formula is C61H110O6. The summed E-state index contributed by atoms with van der Waals surface area (Å²) >= 11 is 0. The summed E-state index contributed by atoms with van der Waals surface area (Å²) in [4.78, 5) is 37.1. The molecule has 0 amide bonds. The molecule has 6 rings (SSSR count). The number of hydrogen-bond donors (Lipinski definition) is 0. The van der Waals surface area contributed by atoms with E-state index in [1.807, 2.05) is 0 Å². The number of unbranched alkanes of at least 4 members (excludes halogenated alkanes) is 4. The van der Waals surface area contributed by atoms with E-state index >= 15 is 0 Å². The van der Waals surface area contributed by atoms with Gasteiger partial charge in [-0.1, -0.05) is 144 Å². The van der Waals surface area contributed by atoms with Crippen LogP contribution in [0.2, 0.25) is 0 Å². The zero-order chi connectivity index (χ0) is 48.1. The molecule has 0 atom stereocenters. The molecule has 0 saturated heterocycles. The minimum atomic E-state index is 0.115. The van der Waals surface area contributed by atoms with Gasteiger partial charge in [0.2, 0.25) is 0 Å². The largest absolute Gasteiger partial charge is 0.462 e. The second-order valence-corrected chi connectivity index (χ2v) is 23.5. The van der Waals surface area contributed by atoms with E-state index in [1.165, 1.54) is 180 Å². The normalized spacial score (nSPS) is 32.3. The highest BCUT2D eigenvalue weighted by Gasteiger charge is 2.33. The van der Waals surface area contributed by atoms with Crippen molar-refractivity contribution in [3.63, 3.8) is 0 Å². The van der Waals surface area contributed by atoms with Gasteiger partial charge in [-0.15, -0.1) is 0 Å². The van der Waals surface area contributed by atoms with E-state index in [9.17, 15) is 14.4 Å². The Morgan fingerprint density at radius 1 is 0.269 bits per heavy atom. The zero-order valence-electron chi connectivity index (χ0n) is 45.2. The van der Waals surface area contributed by atoms with Crippen LogP contribution in [0.1, 0.15) is 298 Å². The van der Waals surface area contributed by atoms with Crippen molar-refractivity contribution >= 4 is 17.9 Å². The molecular weight excluding hydrogens is 829 g/mol. The molecule has 0 aliphatic heterocycles. The summed E-state index contributed by atoms with van der Waals surface area (Å²) in [7, 11) is 0. The smallest absolute Gasteiger partial charge is 0.309 e. The number of carbonyl (C=O) groups is 3. The summed E-state index contributed by atoms with van der Waals surface area (Å²) in [6.07, 6.45) is 50.0. The fraction of sp³-hybridized carbons (Fsp3) is 0.951. The Morgan fingerprint density at radius 2 is 0.478 bits per heavy atom. The Balaban J connectivity index is 0.000000220. The van der Waals surface area contributed by atoms with Crippen molar-refractivity contribution in [1.82, 2.24) is 0 Å². The summed E-state index contributed by atoms with van der Waals surface area (Å²) in [6.45, 7) is 13.6. The van der Waals surface area contributed by atoms with Gasteiger partial charge in [-0.3, -0.25) is 14.4 Å². The Hall–Kier alpha value is -1.59. The molecule has 0 spiro atoms. The average Bonchev–Trinajstić information content (AvgIpc) is 3.35. The first-order chi connectivity index (χ1) is 32.7. The number of rotatable bonds is 22. The summed E-state index contributed by atoms with van der Waals surface area (Å²) in [5.74, 6) is 6.21. The first-order valence-electron chi connectivity index (χ1n) is 30.3. The lowest BCUT2D eigenvalue weighted by Gasteiger charge is -2.31. The fourth-order valence-electron chi connectivity index (χ4n) is 13.5. The van der Waals surface area contributed by atoms with E-state index in [0.29, 0.717) is 0 Å². The van der Waals surface area contributed by atoms with Crippen molar-refractivity contribution in [2.24, 2.45) is 53.3 Å². The molecule has 0 aromatic rings. The van der Waals surface area contributed by atoms with Gasteiger partial charge in [-0.25, -0.2) is 0 Å². The van der Waals surface area contributed by atoms with Gasteiger partial charge in [0.05, 0.1) is 17.8 Å². The minimum absolute atomic E-state index is 0.115. The van der Waals surface area contributed by atoms with Crippen LogP contribution in [0.25, 0.3) is 0 Å². The average molecular weight is 940 g/mol. The molecule has 0 heterocycles. The van der Waals surface area contributed by atoms with Crippen molar-refractivity contribution in [2.45, 2.75) is 317 Å². The summed E-state index contributed by atoms with van der Waals surface area (Å²) in [5, 5.41) is 0. The van der Waals surface area contributed by atoms with Crippen LogP contribution in [0, 0.1) is 53.3 Å². The number of hydrogen-bond acceptors (Lipinski definition) is 6. The predicted molar refractivity (Wildman–Crippen MR) is 280 cm³/mol. The molecule has 0 radical (unpaired) electrons. The van der Waals surface area contributed by atoms with Crippen LogP contribution in [0.4, 0.5) is 0 Å². The van der Waals surface area contributed by atoms with Crippen molar-refractivity contribution < 1.29 is 28.6 Å². The lowest BCUT2D eigenvalue weighted by Crippen LogP contribution is -2.30. The van der Waals surface area contributed by atoms with E-state index in [1.54, 1.807) is 0 Å². The maximum absolute atomic E-state index is 12.4. The maximum Gasteiger partial charge on any atom is 0.309 e. The third kappa shape index (κ3) is 23.0. The van der Waals surface area contributed by atoms with Gasteiger partial charge in [0.1, 0.15) is 18.3 Å². The molecule has 0 bridgehead atoms. The van der Waals surface area contributed by atoms with Crippen LogP contribution in [0.15, 0.2) is 0 Å². The standard InChI is InChI=1S/2C21H38O2.C19H34O2/c1-3-5-6-8-18-9-13-19(14-10-18)21(22)23-20-15-11-17(7-4-2)12-16-20;1-3-5-6-8-18-11-15-20(16-12-18)23-21(22)19-13-9-17(7-4-2)10-14-19;1-3-5-15-7-11-17(12-8-15)19(20)21-18-13-9-16(6-4-2)10-14-18/h2*17-20H,3-16H2,1-2H3;15-18H,3-14H2,1-2H3. The molecule has 0 aromatic carbocycles. The molecule has 0 N–H and O–H groups in total. The molecule has 6 fully saturated rings. The minimum Gasteiger partial charge on any atom is -0.462 e. The van der Waals surface area contributed by atoms with E-state index in [4.69, 9.17) is 14.2 Å². The molecule has 6 saturated carbocycles. The van der Waals surface area contributed by atoms with Gasteiger partial charge in [0.25, 0.3) is 0 Å².